The highest BCUT2D eigenvalue weighted by Crippen LogP contribution is 2.28. The highest BCUT2D eigenvalue weighted by atomic mass is 35.5. The lowest BCUT2D eigenvalue weighted by molar-refractivity contribution is -0.120. The molecule has 0 aliphatic carbocycles. The Bertz CT molecular complexity index is 734. The maximum atomic E-state index is 12.4. The molecular weight excluding hydrogens is 326 g/mol. The number of anilines is 2. The lowest BCUT2D eigenvalue weighted by Gasteiger charge is -2.25. The Morgan fingerprint density at radius 1 is 1.12 bits per heavy atom. The monoisotopic (exact) mass is 343 g/mol. The molecule has 2 atom stereocenters. The van der Waals surface area contributed by atoms with Crippen LogP contribution >= 0.6 is 11.6 Å². The standard InChI is InChI=1S/C18H18ClN3O2/c1-12-11-16(22(17(12)23)15-5-3-2-4-6-15)21-18(24)20-14-9-7-13(19)8-10-14/h2-10,12,16H,11H2,1H3,(H2,20,21,24). The quantitative estimate of drug-likeness (QED) is 0.889. The zero-order chi connectivity index (χ0) is 17.1. The van der Waals surface area contributed by atoms with Gasteiger partial charge >= 0.3 is 6.03 Å². The summed E-state index contributed by atoms with van der Waals surface area (Å²) in [5.74, 6) is -0.121. The van der Waals surface area contributed by atoms with Crippen molar-refractivity contribution < 1.29 is 9.59 Å². The first-order valence-electron chi connectivity index (χ1n) is 7.76. The summed E-state index contributed by atoms with van der Waals surface area (Å²) in [5, 5.41) is 6.23. The van der Waals surface area contributed by atoms with Crippen LogP contribution in [0.15, 0.2) is 54.6 Å². The van der Waals surface area contributed by atoms with Crippen molar-refractivity contribution in [1.29, 1.82) is 0 Å². The van der Waals surface area contributed by atoms with Crippen molar-refractivity contribution in [2.45, 2.75) is 19.5 Å². The van der Waals surface area contributed by atoms with E-state index in [4.69, 9.17) is 11.6 Å². The van der Waals surface area contributed by atoms with E-state index >= 15 is 0 Å². The average Bonchev–Trinajstić information content (AvgIpc) is 2.84. The summed E-state index contributed by atoms with van der Waals surface area (Å²) in [6.07, 6.45) is 0.198. The normalized spacial score (nSPS) is 20.1. The number of rotatable bonds is 3. The molecule has 1 heterocycles. The van der Waals surface area contributed by atoms with Gasteiger partial charge in [-0.15, -0.1) is 0 Å². The summed E-state index contributed by atoms with van der Waals surface area (Å²) in [4.78, 5) is 26.3. The molecule has 2 aromatic rings. The van der Waals surface area contributed by atoms with Crippen LogP contribution < -0.4 is 15.5 Å². The van der Waals surface area contributed by atoms with Crippen molar-refractivity contribution in [3.8, 4) is 0 Å². The van der Waals surface area contributed by atoms with Crippen molar-refractivity contribution in [2.75, 3.05) is 10.2 Å². The van der Waals surface area contributed by atoms with Gasteiger partial charge in [0.1, 0.15) is 6.17 Å². The fourth-order valence-corrected chi connectivity index (χ4v) is 2.93. The van der Waals surface area contributed by atoms with Crippen LogP contribution in [0, 0.1) is 5.92 Å². The van der Waals surface area contributed by atoms with Crippen LogP contribution in [-0.2, 0) is 4.79 Å². The summed E-state index contributed by atoms with van der Waals surface area (Å²) in [6.45, 7) is 1.87. The number of nitrogens with one attached hydrogen (secondary N) is 2. The topological polar surface area (TPSA) is 61.4 Å². The van der Waals surface area contributed by atoms with Crippen LogP contribution in [0.2, 0.25) is 5.02 Å². The van der Waals surface area contributed by atoms with Crippen LogP contribution in [0.1, 0.15) is 13.3 Å². The molecule has 6 heteroatoms. The van der Waals surface area contributed by atoms with Crippen LogP contribution in [0.4, 0.5) is 16.2 Å². The molecule has 2 unspecified atom stereocenters. The zero-order valence-electron chi connectivity index (χ0n) is 13.2. The van der Waals surface area contributed by atoms with Gasteiger partial charge in [-0.2, -0.15) is 0 Å². The number of hydrogen-bond donors (Lipinski definition) is 2. The van der Waals surface area contributed by atoms with E-state index in [1.807, 2.05) is 37.3 Å². The van der Waals surface area contributed by atoms with Gasteiger partial charge in [0.15, 0.2) is 0 Å². The number of para-hydroxylation sites is 1. The van der Waals surface area contributed by atoms with E-state index in [0.717, 1.165) is 5.69 Å². The van der Waals surface area contributed by atoms with E-state index in [0.29, 0.717) is 17.1 Å². The van der Waals surface area contributed by atoms with Crippen molar-refractivity contribution in [2.24, 2.45) is 5.92 Å². The van der Waals surface area contributed by atoms with E-state index in [1.54, 1.807) is 29.2 Å². The summed E-state index contributed by atoms with van der Waals surface area (Å²) >= 11 is 5.83. The smallest absolute Gasteiger partial charge is 0.317 e. The van der Waals surface area contributed by atoms with E-state index in [-0.39, 0.29) is 24.0 Å². The van der Waals surface area contributed by atoms with Gasteiger partial charge in [-0.1, -0.05) is 36.7 Å². The van der Waals surface area contributed by atoms with Gasteiger partial charge < -0.3 is 10.6 Å². The first-order chi connectivity index (χ1) is 11.5. The van der Waals surface area contributed by atoms with Gasteiger partial charge in [0.05, 0.1) is 0 Å². The number of urea groups is 1. The molecule has 24 heavy (non-hydrogen) atoms. The van der Waals surface area contributed by atoms with Crippen LogP contribution in [-0.4, -0.2) is 18.1 Å². The van der Waals surface area contributed by atoms with Crippen LogP contribution in [0.5, 0.6) is 0 Å². The molecule has 0 spiro atoms. The van der Waals surface area contributed by atoms with Gasteiger partial charge in [0.25, 0.3) is 0 Å². The minimum Gasteiger partial charge on any atom is -0.317 e. The van der Waals surface area contributed by atoms with Gasteiger partial charge in [-0.25, -0.2) is 4.79 Å². The van der Waals surface area contributed by atoms with E-state index in [2.05, 4.69) is 10.6 Å². The molecule has 1 fully saturated rings. The molecule has 0 bridgehead atoms. The van der Waals surface area contributed by atoms with Gasteiger partial charge in [0.2, 0.25) is 5.91 Å². The molecule has 1 aliphatic rings. The Hall–Kier alpha value is -2.53. The Morgan fingerprint density at radius 3 is 2.46 bits per heavy atom. The van der Waals surface area contributed by atoms with Crippen LogP contribution in [0.25, 0.3) is 0 Å². The van der Waals surface area contributed by atoms with Crippen molar-refractivity contribution in [3.63, 3.8) is 0 Å². The van der Waals surface area contributed by atoms with E-state index in [1.165, 1.54) is 0 Å². The molecule has 3 rings (SSSR count). The molecule has 124 valence electrons. The number of hydrogen-bond acceptors (Lipinski definition) is 2. The van der Waals surface area contributed by atoms with Gasteiger partial charge in [0, 0.05) is 22.3 Å². The van der Waals surface area contributed by atoms with Crippen molar-refractivity contribution >= 4 is 34.9 Å². The minimum absolute atomic E-state index is 0.0120. The van der Waals surface area contributed by atoms with E-state index < -0.39 is 0 Å². The Kier molecular flexibility index (Phi) is 4.71. The van der Waals surface area contributed by atoms with Crippen LogP contribution in [0.3, 0.4) is 0 Å². The van der Waals surface area contributed by atoms with E-state index in [9.17, 15) is 9.59 Å². The first kappa shape index (κ1) is 16.3. The molecular formula is C18H18ClN3O2. The Labute approximate surface area is 145 Å². The number of carbonyl (C=O) groups is 2. The number of benzene rings is 2. The predicted molar refractivity (Wildman–Crippen MR) is 95.1 cm³/mol. The highest BCUT2D eigenvalue weighted by molar-refractivity contribution is 6.30. The molecule has 5 nitrogen and oxygen atoms in total. The molecule has 3 amide bonds. The maximum absolute atomic E-state index is 12.4. The molecule has 1 saturated heterocycles. The lowest BCUT2D eigenvalue weighted by Crippen LogP contribution is -2.47. The molecule has 0 radical (unpaired) electrons. The highest BCUT2D eigenvalue weighted by Gasteiger charge is 2.38. The second-order valence-corrected chi connectivity index (χ2v) is 6.24. The molecule has 1 aliphatic heterocycles. The third-order valence-electron chi connectivity index (χ3n) is 3.98. The van der Waals surface area contributed by atoms with Crippen molar-refractivity contribution in [3.05, 3.63) is 59.6 Å². The number of halogens is 1. The number of carbonyl (C=O) groups excluding carboxylic acids is 2. The van der Waals surface area contributed by atoms with Crippen molar-refractivity contribution in [1.82, 2.24) is 5.32 Å². The predicted octanol–water partition coefficient (Wildman–Crippen LogP) is 3.86. The Balaban J connectivity index is 1.71. The summed E-state index contributed by atoms with van der Waals surface area (Å²) < 4.78 is 0. The SMILES string of the molecule is CC1CC(NC(=O)Nc2ccc(Cl)cc2)N(c2ccccc2)C1=O. The fraction of sp³-hybridized carbons (Fsp3) is 0.222. The molecule has 0 aromatic heterocycles. The second kappa shape index (κ2) is 6.93. The second-order valence-electron chi connectivity index (χ2n) is 5.80. The number of nitrogens with zero attached hydrogens (tertiary/aromatic N) is 1. The first-order valence-corrected chi connectivity index (χ1v) is 8.13. The summed E-state index contributed by atoms with van der Waals surface area (Å²) in [5.41, 5.74) is 1.42. The summed E-state index contributed by atoms with van der Waals surface area (Å²) in [6, 6.07) is 15.9. The van der Waals surface area contributed by atoms with Gasteiger partial charge in [-0.05, 0) is 42.8 Å². The average molecular weight is 344 g/mol. The third kappa shape index (κ3) is 3.51. The molecule has 0 saturated carbocycles. The third-order valence-corrected chi connectivity index (χ3v) is 4.23. The largest absolute Gasteiger partial charge is 0.320 e. The minimum atomic E-state index is -0.373. The fourth-order valence-electron chi connectivity index (χ4n) is 2.80. The Morgan fingerprint density at radius 2 is 1.79 bits per heavy atom. The molecule has 2 aromatic carbocycles. The number of amides is 3. The lowest BCUT2D eigenvalue weighted by atomic mass is 10.1. The zero-order valence-corrected chi connectivity index (χ0v) is 14.0. The maximum Gasteiger partial charge on any atom is 0.320 e. The molecule has 2 N–H and O–H groups in total. The van der Waals surface area contributed by atoms with Gasteiger partial charge in [-0.3, -0.25) is 9.69 Å². The summed E-state index contributed by atoms with van der Waals surface area (Å²) in [7, 11) is 0.